The van der Waals surface area contributed by atoms with Crippen molar-refractivity contribution in [2.45, 2.75) is 27.2 Å². The van der Waals surface area contributed by atoms with Gasteiger partial charge in [0.05, 0.1) is 0 Å². The third-order valence-corrected chi connectivity index (χ3v) is 2.27. The molecule has 0 spiro atoms. The quantitative estimate of drug-likeness (QED) is 0.657. The van der Waals surface area contributed by atoms with E-state index in [1.54, 1.807) is 0 Å². The molecule has 0 saturated carbocycles. The number of nitrogens with zero attached hydrogens (tertiary/aromatic N) is 1. The molecule has 0 fully saturated rings. The summed E-state index contributed by atoms with van der Waals surface area (Å²) in [6.45, 7) is 9.92. The monoisotopic (exact) mass is 195 g/mol. The number of rotatable bonds is 2. The van der Waals surface area contributed by atoms with E-state index in [0.29, 0.717) is 5.15 Å². The fraction of sp³-hybridized carbons (Fsp3) is 0.364. The molecule has 0 aromatic carbocycles. The van der Waals surface area contributed by atoms with Crippen molar-refractivity contribution in [3.8, 4) is 0 Å². The zero-order valence-corrected chi connectivity index (χ0v) is 9.07. The first kappa shape index (κ1) is 10.3. The third-order valence-electron chi connectivity index (χ3n) is 1.99. The molecule has 0 unspecified atom stereocenters. The molecule has 0 aliphatic heterocycles. The highest BCUT2D eigenvalue weighted by atomic mass is 35.5. The first-order chi connectivity index (χ1) is 6.06. The van der Waals surface area contributed by atoms with Crippen LogP contribution in [0.3, 0.4) is 0 Å². The van der Waals surface area contributed by atoms with Crippen molar-refractivity contribution >= 4 is 17.2 Å². The van der Waals surface area contributed by atoms with Gasteiger partial charge in [-0.2, -0.15) is 0 Å². The van der Waals surface area contributed by atoms with Crippen LogP contribution in [0.5, 0.6) is 0 Å². The highest BCUT2D eigenvalue weighted by Gasteiger charge is 2.08. The van der Waals surface area contributed by atoms with Crippen LogP contribution in [0, 0.1) is 6.92 Å². The van der Waals surface area contributed by atoms with E-state index in [4.69, 9.17) is 11.6 Å². The second-order valence-corrected chi connectivity index (χ2v) is 3.58. The van der Waals surface area contributed by atoms with E-state index in [0.717, 1.165) is 23.3 Å². The smallest absolute Gasteiger partial charge is 0.137 e. The molecular formula is C11H14ClN. The Hall–Kier alpha value is -0.820. The maximum Gasteiger partial charge on any atom is 0.137 e. The fourth-order valence-electron chi connectivity index (χ4n) is 1.43. The van der Waals surface area contributed by atoms with Gasteiger partial charge in [-0.3, -0.25) is 0 Å². The number of allylic oxidation sites excluding steroid dienone is 1. The molecule has 0 N–H and O–H groups in total. The Morgan fingerprint density at radius 3 is 2.69 bits per heavy atom. The largest absolute Gasteiger partial charge is 0.241 e. The van der Waals surface area contributed by atoms with Crippen LogP contribution in [0.2, 0.25) is 5.15 Å². The Morgan fingerprint density at radius 2 is 2.23 bits per heavy atom. The molecule has 0 amide bonds. The predicted molar refractivity (Wildman–Crippen MR) is 58.1 cm³/mol. The second kappa shape index (κ2) is 3.93. The van der Waals surface area contributed by atoms with E-state index in [1.165, 1.54) is 5.56 Å². The molecule has 0 aliphatic carbocycles. The number of halogens is 1. The summed E-state index contributed by atoms with van der Waals surface area (Å²) >= 11 is 6.04. The van der Waals surface area contributed by atoms with Crippen LogP contribution in [-0.2, 0) is 6.42 Å². The molecule has 2 heteroatoms. The standard InChI is InChI=1S/C11H14ClN/c1-5-9-6-8(4)13-11(12)10(9)7(2)3/h6H,2,5H2,1,3-4H3. The van der Waals surface area contributed by atoms with Crippen LogP contribution < -0.4 is 0 Å². The van der Waals surface area contributed by atoms with Crippen LogP contribution in [0.25, 0.3) is 5.57 Å². The van der Waals surface area contributed by atoms with Crippen molar-refractivity contribution in [3.63, 3.8) is 0 Å². The summed E-state index contributed by atoms with van der Waals surface area (Å²) in [5, 5.41) is 0.573. The lowest BCUT2D eigenvalue weighted by Gasteiger charge is -2.09. The van der Waals surface area contributed by atoms with Crippen molar-refractivity contribution in [1.29, 1.82) is 0 Å². The third kappa shape index (κ3) is 2.10. The van der Waals surface area contributed by atoms with Gasteiger partial charge in [-0.05, 0) is 37.5 Å². The van der Waals surface area contributed by atoms with Crippen LogP contribution in [0.15, 0.2) is 12.6 Å². The van der Waals surface area contributed by atoms with Crippen LogP contribution in [0.1, 0.15) is 30.7 Å². The maximum absolute atomic E-state index is 6.04. The number of hydrogen-bond donors (Lipinski definition) is 0. The maximum atomic E-state index is 6.04. The molecule has 70 valence electrons. The van der Waals surface area contributed by atoms with Crippen LogP contribution in [0.4, 0.5) is 0 Å². The van der Waals surface area contributed by atoms with Crippen molar-refractivity contribution < 1.29 is 0 Å². The Morgan fingerprint density at radius 1 is 1.62 bits per heavy atom. The molecule has 1 nitrogen and oxygen atoms in total. The minimum Gasteiger partial charge on any atom is -0.241 e. The van der Waals surface area contributed by atoms with Crippen molar-refractivity contribution in [2.75, 3.05) is 0 Å². The normalized spacial score (nSPS) is 10.2. The zero-order chi connectivity index (χ0) is 10.0. The lowest BCUT2D eigenvalue weighted by atomic mass is 10.0. The summed E-state index contributed by atoms with van der Waals surface area (Å²) in [5.74, 6) is 0. The molecule has 0 radical (unpaired) electrons. The zero-order valence-electron chi connectivity index (χ0n) is 8.32. The Kier molecular flexibility index (Phi) is 3.10. The average molecular weight is 196 g/mol. The lowest BCUT2D eigenvalue weighted by Crippen LogP contribution is -1.95. The molecule has 13 heavy (non-hydrogen) atoms. The average Bonchev–Trinajstić information content (AvgIpc) is 2.01. The minimum atomic E-state index is 0.573. The SMILES string of the molecule is C=C(C)c1c(CC)cc(C)nc1Cl. The van der Waals surface area contributed by atoms with Gasteiger partial charge in [0.2, 0.25) is 0 Å². The molecule has 1 aromatic rings. The fourth-order valence-corrected chi connectivity index (χ4v) is 1.84. The van der Waals surface area contributed by atoms with Crippen molar-refractivity contribution in [3.05, 3.63) is 34.6 Å². The summed E-state index contributed by atoms with van der Waals surface area (Å²) in [7, 11) is 0. The number of aryl methyl sites for hydroxylation is 2. The Bertz CT molecular complexity index is 342. The van der Waals surface area contributed by atoms with Gasteiger partial charge in [0.25, 0.3) is 0 Å². The Labute approximate surface area is 84.5 Å². The molecule has 0 atom stereocenters. The predicted octanol–water partition coefficient (Wildman–Crippen LogP) is 3.64. The van der Waals surface area contributed by atoms with Gasteiger partial charge >= 0.3 is 0 Å². The van der Waals surface area contributed by atoms with Crippen LogP contribution in [-0.4, -0.2) is 4.98 Å². The van der Waals surface area contributed by atoms with Gasteiger partial charge < -0.3 is 0 Å². The van der Waals surface area contributed by atoms with E-state index >= 15 is 0 Å². The molecule has 0 bridgehead atoms. The van der Waals surface area contributed by atoms with Crippen molar-refractivity contribution in [2.24, 2.45) is 0 Å². The van der Waals surface area contributed by atoms with Gasteiger partial charge in [-0.25, -0.2) is 4.98 Å². The molecule has 1 aromatic heterocycles. The summed E-state index contributed by atoms with van der Waals surface area (Å²) < 4.78 is 0. The first-order valence-corrected chi connectivity index (χ1v) is 4.76. The number of hydrogen-bond acceptors (Lipinski definition) is 1. The van der Waals surface area contributed by atoms with Crippen molar-refractivity contribution in [1.82, 2.24) is 4.98 Å². The van der Waals surface area contributed by atoms with Crippen LogP contribution >= 0.6 is 11.6 Å². The lowest BCUT2D eigenvalue weighted by molar-refractivity contribution is 1.07. The Balaban J connectivity index is 3.38. The summed E-state index contributed by atoms with van der Waals surface area (Å²) in [6, 6.07) is 2.07. The van der Waals surface area contributed by atoms with E-state index in [9.17, 15) is 0 Å². The molecule has 0 saturated heterocycles. The van der Waals surface area contributed by atoms with Gasteiger partial charge in [0, 0.05) is 11.3 Å². The first-order valence-electron chi connectivity index (χ1n) is 4.38. The highest BCUT2D eigenvalue weighted by molar-refractivity contribution is 6.31. The molecular weight excluding hydrogens is 182 g/mol. The minimum absolute atomic E-state index is 0.573. The second-order valence-electron chi connectivity index (χ2n) is 3.22. The number of pyridine rings is 1. The number of aromatic nitrogens is 1. The van der Waals surface area contributed by atoms with E-state index in [-0.39, 0.29) is 0 Å². The van der Waals surface area contributed by atoms with Gasteiger partial charge in [0.1, 0.15) is 5.15 Å². The van der Waals surface area contributed by atoms with E-state index < -0.39 is 0 Å². The van der Waals surface area contributed by atoms with Gasteiger partial charge in [0.15, 0.2) is 0 Å². The molecule has 0 aliphatic rings. The van der Waals surface area contributed by atoms with E-state index in [2.05, 4.69) is 24.6 Å². The van der Waals surface area contributed by atoms with Gasteiger partial charge in [-0.1, -0.05) is 25.1 Å². The molecule has 1 rings (SSSR count). The van der Waals surface area contributed by atoms with Gasteiger partial charge in [-0.15, -0.1) is 0 Å². The summed E-state index contributed by atoms with van der Waals surface area (Å²) in [6.07, 6.45) is 0.964. The summed E-state index contributed by atoms with van der Waals surface area (Å²) in [4.78, 5) is 4.21. The van der Waals surface area contributed by atoms with E-state index in [1.807, 2.05) is 13.8 Å². The highest BCUT2D eigenvalue weighted by Crippen LogP contribution is 2.25. The summed E-state index contributed by atoms with van der Waals surface area (Å²) in [5.41, 5.74) is 4.18. The topological polar surface area (TPSA) is 12.9 Å². The molecule has 1 heterocycles.